The second kappa shape index (κ2) is 14.3. The van der Waals surface area contributed by atoms with Gasteiger partial charge in [-0.2, -0.15) is 0 Å². The lowest BCUT2D eigenvalue weighted by molar-refractivity contribution is -0.111. The van der Waals surface area contributed by atoms with Crippen LogP contribution in [0.2, 0.25) is 0 Å². The first kappa shape index (κ1) is 32.5. The molecule has 1 aromatic heterocycles. The Morgan fingerprint density at radius 2 is 1.60 bits per heavy atom. The minimum absolute atomic E-state index is 0.0216. The van der Waals surface area contributed by atoms with Crippen LogP contribution in [0.25, 0.3) is 10.8 Å². The normalized spacial score (nSPS) is 20.6. The smallest absolute Gasteiger partial charge is 0.247 e. The molecule has 260 valence electrons. The number of aromatic nitrogens is 2. The fourth-order valence-corrected chi connectivity index (χ4v) is 7.85. The molecule has 11 heteroatoms. The average Bonchev–Trinajstić information content (AvgIpc) is 3.90. The summed E-state index contributed by atoms with van der Waals surface area (Å²) in [7, 11) is 1.66. The highest BCUT2D eigenvalue weighted by molar-refractivity contribution is 6.02. The van der Waals surface area contributed by atoms with Crippen molar-refractivity contribution < 1.29 is 14.4 Å². The molecule has 1 atom stereocenters. The maximum Gasteiger partial charge on any atom is 0.247 e. The molecule has 2 N–H and O–H groups in total. The van der Waals surface area contributed by atoms with Crippen LogP contribution in [-0.2, 0) is 9.63 Å². The van der Waals surface area contributed by atoms with E-state index in [2.05, 4.69) is 84.3 Å². The molecule has 8 rings (SSSR count). The zero-order valence-electron chi connectivity index (χ0n) is 28.8. The molecule has 0 spiro atoms. The number of methoxy groups -OCH3 is 1. The van der Waals surface area contributed by atoms with Gasteiger partial charge in [-0.3, -0.25) is 19.4 Å². The van der Waals surface area contributed by atoms with E-state index in [1.165, 1.54) is 54.7 Å². The van der Waals surface area contributed by atoms with Crippen LogP contribution in [0.1, 0.15) is 43.7 Å². The van der Waals surface area contributed by atoms with Crippen molar-refractivity contribution in [3.8, 4) is 5.75 Å². The summed E-state index contributed by atoms with van der Waals surface area (Å²) in [5.74, 6) is 1.63. The van der Waals surface area contributed by atoms with Crippen molar-refractivity contribution in [3.05, 3.63) is 85.2 Å². The van der Waals surface area contributed by atoms with Gasteiger partial charge in [0, 0.05) is 69.9 Å². The molecular weight excluding hydrogens is 628 g/mol. The van der Waals surface area contributed by atoms with E-state index in [4.69, 9.17) is 9.57 Å². The number of piperazine rings is 1. The lowest BCUT2D eigenvalue weighted by atomic mass is 10.0. The zero-order valence-corrected chi connectivity index (χ0v) is 28.8. The van der Waals surface area contributed by atoms with E-state index in [1.54, 1.807) is 7.11 Å². The number of fused-ring (bicyclic) bond motifs is 1. The van der Waals surface area contributed by atoms with Crippen LogP contribution in [0, 0.1) is 0 Å². The Morgan fingerprint density at radius 1 is 0.860 bits per heavy atom. The molecule has 1 unspecified atom stereocenters. The average molecular weight is 675 g/mol. The summed E-state index contributed by atoms with van der Waals surface area (Å²) in [5.41, 5.74) is 3.49. The summed E-state index contributed by atoms with van der Waals surface area (Å²) < 4.78 is 5.91. The third-order valence-corrected chi connectivity index (χ3v) is 10.7. The maximum atomic E-state index is 12.6. The number of nitrogens with one attached hydrogen (secondary N) is 2. The Balaban J connectivity index is 0.998. The van der Waals surface area contributed by atoms with E-state index in [0.29, 0.717) is 41.4 Å². The van der Waals surface area contributed by atoms with Gasteiger partial charge >= 0.3 is 0 Å². The maximum absolute atomic E-state index is 12.6. The summed E-state index contributed by atoms with van der Waals surface area (Å²) >= 11 is 0. The number of hydrogen-bond donors (Lipinski definition) is 2. The van der Waals surface area contributed by atoms with E-state index in [9.17, 15) is 4.79 Å². The predicted molar refractivity (Wildman–Crippen MR) is 198 cm³/mol. The van der Waals surface area contributed by atoms with Gasteiger partial charge in [-0.05, 0) is 60.2 Å². The van der Waals surface area contributed by atoms with Gasteiger partial charge < -0.3 is 20.3 Å². The van der Waals surface area contributed by atoms with Gasteiger partial charge in [0.15, 0.2) is 5.82 Å². The highest BCUT2D eigenvalue weighted by Crippen LogP contribution is 2.41. The number of anilines is 5. The molecule has 50 heavy (non-hydrogen) atoms. The number of hydrogen-bond acceptors (Lipinski definition) is 10. The molecule has 1 saturated carbocycles. The lowest BCUT2D eigenvalue weighted by Gasteiger charge is -2.43. The molecule has 0 radical (unpaired) electrons. The second-order valence-electron chi connectivity index (χ2n) is 13.7. The quantitative estimate of drug-likeness (QED) is 0.191. The third-order valence-electron chi connectivity index (χ3n) is 10.7. The van der Waals surface area contributed by atoms with Gasteiger partial charge in [0.25, 0.3) is 0 Å². The number of carbonyl (C=O) groups excluding carboxylic acids is 1. The van der Waals surface area contributed by atoms with Crippen molar-refractivity contribution in [2.45, 2.75) is 50.2 Å². The summed E-state index contributed by atoms with van der Waals surface area (Å²) in [5, 5.41) is 10.8. The first-order valence-electron chi connectivity index (χ1n) is 17.9. The number of amides is 1. The van der Waals surface area contributed by atoms with Gasteiger partial charge in [-0.25, -0.2) is 15.0 Å². The third kappa shape index (κ3) is 6.85. The Morgan fingerprint density at radius 3 is 2.32 bits per heavy atom. The van der Waals surface area contributed by atoms with Crippen LogP contribution in [0.15, 0.2) is 79.6 Å². The molecule has 3 aliphatic heterocycles. The molecular formula is C39H46N8O3. The molecule has 0 bridgehead atoms. The van der Waals surface area contributed by atoms with Crippen molar-refractivity contribution in [2.24, 2.45) is 0 Å². The van der Waals surface area contributed by atoms with Crippen LogP contribution >= 0.6 is 0 Å². The van der Waals surface area contributed by atoms with Gasteiger partial charge in [0.1, 0.15) is 17.9 Å². The van der Waals surface area contributed by atoms with Gasteiger partial charge in [0.05, 0.1) is 36.8 Å². The molecule has 11 nitrogen and oxygen atoms in total. The van der Waals surface area contributed by atoms with Crippen LogP contribution in [-0.4, -0.2) is 90.7 Å². The van der Waals surface area contributed by atoms with E-state index < -0.39 is 0 Å². The molecule has 4 aromatic rings. The molecule has 4 fully saturated rings. The SMILES string of the molecule is C=CC(=O)Nc1cc(Nc2cc(N3OCCC3c3ccc4ccccc4c3)ncn2)c(OC)cc1N1CCC(N2CCN(C3CC3)CC2)CC1. The molecule has 3 aromatic carbocycles. The van der Waals surface area contributed by atoms with Crippen LogP contribution in [0.3, 0.4) is 0 Å². The van der Waals surface area contributed by atoms with E-state index >= 15 is 0 Å². The zero-order chi connectivity index (χ0) is 34.0. The molecule has 4 heterocycles. The minimum Gasteiger partial charge on any atom is -0.494 e. The topological polar surface area (TPSA) is 98.3 Å². The largest absolute Gasteiger partial charge is 0.494 e. The highest BCUT2D eigenvalue weighted by atomic mass is 16.7. The Bertz CT molecular complexity index is 1850. The van der Waals surface area contributed by atoms with Gasteiger partial charge in [-0.15, -0.1) is 0 Å². The van der Waals surface area contributed by atoms with Crippen molar-refractivity contribution >= 4 is 45.4 Å². The van der Waals surface area contributed by atoms with Crippen LogP contribution < -0.4 is 25.3 Å². The number of ether oxygens (including phenoxy) is 1. The number of benzene rings is 3. The number of piperidine rings is 1. The highest BCUT2D eigenvalue weighted by Gasteiger charge is 2.34. The number of rotatable bonds is 10. The monoisotopic (exact) mass is 674 g/mol. The number of hydroxylamine groups is 1. The number of carbonyl (C=O) groups is 1. The Hall–Kier alpha value is -4.71. The lowest BCUT2D eigenvalue weighted by Crippen LogP contribution is -2.53. The summed E-state index contributed by atoms with van der Waals surface area (Å²) in [6.07, 6.45) is 8.61. The molecule has 1 aliphatic carbocycles. The molecule has 4 aliphatic rings. The standard InChI is InChI=1S/C39H46N8O3/c1-3-39(48)43-32-23-33(36(49-2)24-35(32)46-15-12-31(13-16-46)45-19-17-44(18-20-45)30-10-11-30)42-37-25-38(41-26-40-37)47-34(14-21-50-47)29-9-8-27-6-4-5-7-28(27)22-29/h3-9,22-26,30-31,34H,1,10-21H2,2H3,(H,43,48)(H,40,41,42). The predicted octanol–water partition coefficient (Wildman–Crippen LogP) is 6.14. The van der Waals surface area contributed by atoms with E-state index in [1.807, 2.05) is 23.3 Å². The van der Waals surface area contributed by atoms with Crippen LogP contribution in [0.4, 0.5) is 28.7 Å². The summed E-state index contributed by atoms with van der Waals surface area (Å²) in [6.45, 7) is 10.8. The summed E-state index contributed by atoms with van der Waals surface area (Å²) in [6, 6.07) is 22.2. The first-order chi connectivity index (χ1) is 24.6. The van der Waals surface area contributed by atoms with Crippen LogP contribution in [0.5, 0.6) is 5.75 Å². The minimum atomic E-state index is -0.263. The fraction of sp³-hybridized carbons (Fsp3) is 0.410. The summed E-state index contributed by atoms with van der Waals surface area (Å²) in [4.78, 5) is 35.6. The van der Waals surface area contributed by atoms with E-state index in [0.717, 1.165) is 57.2 Å². The second-order valence-corrected chi connectivity index (χ2v) is 13.7. The van der Waals surface area contributed by atoms with Crippen molar-refractivity contribution in [2.75, 3.05) is 73.6 Å². The van der Waals surface area contributed by atoms with E-state index in [-0.39, 0.29) is 11.9 Å². The van der Waals surface area contributed by atoms with Crippen molar-refractivity contribution in [1.82, 2.24) is 19.8 Å². The first-order valence-corrected chi connectivity index (χ1v) is 17.9. The van der Waals surface area contributed by atoms with Crippen molar-refractivity contribution in [3.63, 3.8) is 0 Å². The Labute approximate surface area is 293 Å². The van der Waals surface area contributed by atoms with Gasteiger partial charge in [-0.1, -0.05) is 43.0 Å². The van der Waals surface area contributed by atoms with Gasteiger partial charge in [0.2, 0.25) is 5.91 Å². The van der Waals surface area contributed by atoms with Crippen molar-refractivity contribution in [1.29, 1.82) is 0 Å². The Kier molecular flexibility index (Phi) is 9.27. The number of nitrogens with zero attached hydrogens (tertiary/aromatic N) is 6. The molecule has 3 saturated heterocycles. The fourth-order valence-electron chi connectivity index (χ4n) is 7.85. The molecule has 1 amide bonds.